The van der Waals surface area contributed by atoms with Gasteiger partial charge in [-0.15, -0.1) is 0 Å². The Balaban J connectivity index is 2.70. The highest BCUT2D eigenvalue weighted by atomic mass is 16.5. The molecule has 0 spiro atoms. The van der Waals surface area contributed by atoms with E-state index in [-0.39, 0.29) is 29.1 Å². The molecule has 0 bridgehead atoms. The van der Waals surface area contributed by atoms with Gasteiger partial charge in [0.05, 0.1) is 12.0 Å². The highest BCUT2D eigenvalue weighted by Crippen LogP contribution is 2.27. The number of carbonyl (C=O) groups is 1. The van der Waals surface area contributed by atoms with E-state index in [2.05, 4.69) is 0 Å². The van der Waals surface area contributed by atoms with Crippen LogP contribution < -0.4 is 5.43 Å². The fourth-order valence-corrected chi connectivity index (χ4v) is 2.06. The second-order valence-electron chi connectivity index (χ2n) is 4.39. The van der Waals surface area contributed by atoms with Crippen LogP contribution in [0.2, 0.25) is 0 Å². The lowest BCUT2D eigenvalue weighted by molar-refractivity contribution is 0.0490. The van der Waals surface area contributed by atoms with Gasteiger partial charge in [0, 0.05) is 11.6 Å². The van der Waals surface area contributed by atoms with Crippen LogP contribution in [0.15, 0.2) is 27.4 Å². The van der Waals surface area contributed by atoms with E-state index < -0.39 is 5.97 Å². The van der Waals surface area contributed by atoms with E-state index in [0.29, 0.717) is 17.4 Å². The maximum absolute atomic E-state index is 12.0. The minimum atomic E-state index is -0.683. The largest absolute Gasteiger partial charge is 0.508 e. The lowest BCUT2D eigenvalue weighted by atomic mass is 10.0. The molecule has 1 aromatic heterocycles. The van der Waals surface area contributed by atoms with E-state index in [4.69, 9.17) is 9.15 Å². The zero-order valence-electron chi connectivity index (χ0n) is 11.4. The molecule has 2 rings (SSSR count). The summed E-state index contributed by atoms with van der Waals surface area (Å²) in [6.07, 6.45) is 1.33. The molecule has 0 fully saturated rings. The van der Waals surface area contributed by atoms with Crippen LogP contribution in [0.25, 0.3) is 11.0 Å². The van der Waals surface area contributed by atoms with E-state index in [1.807, 2.05) is 6.92 Å². The van der Waals surface area contributed by atoms with Gasteiger partial charge in [-0.3, -0.25) is 4.79 Å². The molecule has 5 heteroatoms. The van der Waals surface area contributed by atoms with Crippen LogP contribution >= 0.6 is 0 Å². The van der Waals surface area contributed by atoms with E-state index in [9.17, 15) is 14.7 Å². The Hall–Kier alpha value is -2.30. The van der Waals surface area contributed by atoms with Gasteiger partial charge in [-0.2, -0.15) is 0 Å². The van der Waals surface area contributed by atoms with Crippen molar-refractivity contribution in [2.75, 3.05) is 6.61 Å². The van der Waals surface area contributed by atoms with E-state index in [1.165, 1.54) is 12.1 Å². The Bertz CT molecular complexity index is 699. The van der Waals surface area contributed by atoms with Crippen molar-refractivity contribution in [2.24, 2.45) is 0 Å². The molecule has 0 radical (unpaired) electrons. The number of hydrogen-bond acceptors (Lipinski definition) is 5. The van der Waals surface area contributed by atoms with Gasteiger partial charge in [0.2, 0.25) is 5.76 Å². The minimum Gasteiger partial charge on any atom is -0.508 e. The first kappa shape index (κ1) is 14.1. The van der Waals surface area contributed by atoms with E-state index in [0.717, 1.165) is 12.5 Å². The maximum atomic E-state index is 12.0. The molecule has 106 valence electrons. The van der Waals surface area contributed by atoms with Crippen LogP contribution in [0.1, 0.15) is 36.4 Å². The Morgan fingerprint density at radius 1 is 1.35 bits per heavy atom. The van der Waals surface area contributed by atoms with Crippen molar-refractivity contribution in [3.05, 3.63) is 39.7 Å². The summed E-state index contributed by atoms with van der Waals surface area (Å²) >= 11 is 0. The standard InChI is InChI=1S/C15H16O5/c1-3-5-9-11(16)7-6-10-12(17)8-13(20-14(9)10)15(18)19-4-2/h6-8,16H,3-5H2,1-2H3. The second kappa shape index (κ2) is 5.77. The number of ether oxygens (including phenoxy) is 1. The van der Waals surface area contributed by atoms with Crippen LogP contribution in [0, 0.1) is 0 Å². The summed E-state index contributed by atoms with van der Waals surface area (Å²) in [7, 11) is 0. The number of phenolic OH excluding ortho intramolecular Hbond substituents is 1. The summed E-state index contributed by atoms with van der Waals surface area (Å²) < 4.78 is 10.3. The van der Waals surface area contributed by atoms with Gasteiger partial charge >= 0.3 is 5.97 Å². The van der Waals surface area contributed by atoms with Crippen LogP contribution in [-0.2, 0) is 11.2 Å². The molecule has 0 saturated carbocycles. The van der Waals surface area contributed by atoms with Crippen LogP contribution in [-0.4, -0.2) is 17.7 Å². The zero-order valence-corrected chi connectivity index (χ0v) is 11.4. The smallest absolute Gasteiger partial charge is 0.374 e. The van der Waals surface area contributed by atoms with Gasteiger partial charge < -0.3 is 14.3 Å². The second-order valence-corrected chi connectivity index (χ2v) is 4.39. The predicted molar refractivity (Wildman–Crippen MR) is 74.1 cm³/mol. The topological polar surface area (TPSA) is 76.7 Å². The molecule has 0 aliphatic heterocycles. The minimum absolute atomic E-state index is 0.0588. The SMILES string of the molecule is CCCc1c(O)ccc2c(=O)cc(C(=O)OCC)oc12. The van der Waals surface area contributed by atoms with Crippen molar-refractivity contribution in [1.82, 2.24) is 0 Å². The van der Waals surface area contributed by atoms with Crippen molar-refractivity contribution < 1.29 is 19.1 Å². The fraction of sp³-hybridized carbons (Fsp3) is 0.333. The van der Waals surface area contributed by atoms with Crippen LogP contribution in [0.4, 0.5) is 0 Å². The Labute approximate surface area is 115 Å². The van der Waals surface area contributed by atoms with E-state index >= 15 is 0 Å². The monoisotopic (exact) mass is 276 g/mol. The molecule has 0 unspecified atom stereocenters. The summed E-state index contributed by atoms with van der Waals surface area (Å²) in [6.45, 7) is 3.82. The van der Waals surface area contributed by atoms with Crippen molar-refractivity contribution in [1.29, 1.82) is 0 Å². The third-order valence-corrected chi connectivity index (χ3v) is 2.95. The fourth-order valence-electron chi connectivity index (χ4n) is 2.06. The number of esters is 1. The normalized spacial score (nSPS) is 10.7. The Morgan fingerprint density at radius 2 is 2.10 bits per heavy atom. The summed E-state index contributed by atoms with van der Waals surface area (Å²) in [6, 6.07) is 4.08. The first-order chi connectivity index (χ1) is 9.58. The van der Waals surface area contributed by atoms with Gasteiger partial charge in [-0.1, -0.05) is 13.3 Å². The van der Waals surface area contributed by atoms with Crippen molar-refractivity contribution in [2.45, 2.75) is 26.7 Å². The Kier molecular flexibility index (Phi) is 4.08. The maximum Gasteiger partial charge on any atom is 0.374 e. The average molecular weight is 276 g/mol. The molecule has 0 amide bonds. The van der Waals surface area contributed by atoms with Crippen LogP contribution in [0.3, 0.4) is 0 Å². The number of carbonyl (C=O) groups excluding carboxylic acids is 1. The number of rotatable bonds is 4. The van der Waals surface area contributed by atoms with Crippen LogP contribution in [0.5, 0.6) is 5.75 Å². The summed E-state index contributed by atoms with van der Waals surface area (Å²) in [5.41, 5.74) is 0.460. The molecule has 5 nitrogen and oxygen atoms in total. The number of aromatic hydroxyl groups is 1. The summed E-state index contributed by atoms with van der Waals surface area (Å²) in [5, 5.41) is 10.2. The molecule has 0 atom stereocenters. The molecule has 2 aromatic rings. The molecular formula is C15H16O5. The third-order valence-electron chi connectivity index (χ3n) is 2.95. The predicted octanol–water partition coefficient (Wildman–Crippen LogP) is 2.63. The van der Waals surface area contributed by atoms with Gasteiger partial charge in [0.15, 0.2) is 5.43 Å². The number of benzene rings is 1. The van der Waals surface area contributed by atoms with Crippen molar-refractivity contribution in [3.8, 4) is 5.75 Å². The molecule has 0 aliphatic rings. The molecule has 1 N–H and O–H groups in total. The number of fused-ring (bicyclic) bond motifs is 1. The molecule has 1 heterocycles. The molecule has 0 aliphatic carbocycles. The van der Waals surface area contributed by atoms with Gasteiger partial charge in [-0.25, -0.2) is 4.79 Å². The molecule has 20 heavy (non-hydrogen) atoms. The van der Waals surface area contributed by atoms with Crippen molar-refractivity contribution in [3.63, 3.8) is 0 Å². The Morgan fingerprint density at radius 3 is 2.75 bits per heavy atom. The lowest BCUT2D eigenvalue weighted by Gasteiger charge is -2.08. The van der Waals surface area contributed by atoms with Gasteiger partial charge in [-0.05, 0) is 25.5 Å². The lowest BCUT2D eigenvalue weighted by Crippen LogP contribution is -2.10. The molecule has 1 aromatic carbocycles. The summed E-state index contributed by atoms with van der Waals surface area (Å²) in [5.74, 6) is -0.770. The number of phenols is 1. The highest BCUT2D eigenvalue weighted by molar-refractivity contribution is 5.90. The van der Waals surface area contributed by atoms with Gasteiger partial charge in [0.25, 0.3) is 0 Å². The van der Waals surface area contributed by atoms with Gasteiger partial charge in [0.1, 0.15) is 11.3 Å². The quantitative estimate of drug-likeness (QED) is 0.869. The third kappa shape index (κ3) is 2.52. The summed E-state index contributed by atoms with van der Waals surface area (Å²) in [4.78, 5) is 23.7. The first-order valence-corrected chi connectivity index (χ1v) is 6.54. The van der Waals surface area contributed by atoms with E-state index in [1.54, 1.807) is 6.92 Å². The zero-order chi connectivity index (χ0) is 14.7. The number of aryl methyl sites for hydroxylation is 1. The first-order valence-electron chi connectivity index (χ1n) is 6.54. The molecular weight excluding hydrogens is 260 g/mol. The van der Waals surface area contributed by atoms with Crippen molar-refractivity contribution >= 4 is 16.9 Å². The highest BCUT2D eigenvalue weighted by Gasteiger charge is 2.16. The average Bonchev–Trinajstić information content (AvgIpc) is 2.42. The number of hydrogen-bond donors (Lipinski definition) is 1. The molecule has 0 saturated heterocycles.